The van der Waals surface area contributed by atoms with Gasteiger partial charge in [0.1, 0.15) is 6.04 Å². The summed E-state index contributed by atoms with van der Waals surface area (Å²) in [5, 5.41) is 9.69. The van der Waals surface area contributed by atoms with E-state index in [1.165, 1.54) is 11.9 Å². The number of hydrogen-bond donors (Lipinski definition) is 4. The highest BCUT2D eigenvalue weighted by Gasteiger charge is 2.30. The number of likely N-dealkylation sites (tertiary alicyclic amines) is 1. The van der Waals surface area contributed by atoms with Gasteiger partial charge in [0.15, 0.2) is 0 Å². The highest BCUT2D eigenvalue weighted by molar-refractivity contribution is 6.37. The summed E-state index contributed by atoms with van der Waals surface area (Å²) in [6.07, 6.45) is 1.76. The number of Topliss-reactive ketones (excluding diaryl/α,β-unsaturated/α-hetero) is 1. The van der Waals surface area contributed by atoms with Gasteiger partial charge in [-0.2, -0.15) is 0 Å². The van der Waals surface area contributed by atoms with E-state index in [4.69, 9.17) is 0 Å². The van der Waals surface area contributed by atoms with Gasteiger partial charge >= 0.3 is 0 Å². The molecule has 11 heteroatoms. The molecule has 2 rings (SSSR count). The van der Waals surface area contributed by atoms with Gasteiger partial charge in [0, 0.05) is 13.6 Å². The number of carbonyl (C=O) groups excluding carboxylic acids is 6. The van der Waals surface area contributed by atoms with Crippen molar-refractivity contribution in [2.24, 2.45) is 0 Å². The molecule has 0 aromatic heterocycles. The molecule has 0 radical (unpaired) electrons. The average Bonchev–Trinajstić information content (AvgIpc) is 3.29. The first kappa shape index (κ1) is 24.5. The average molecular weight is 445 g/mol. The van der Waals surface area contributed by atoms with E-state index in [1.54, 1.807) is 30.3 Å². The highest BCUT2D eigenvalue weighted by Crippen LogP contribution is 2.16. The monoisotopic (exact) mass is 445 g/mol. The Kier molecular flexibility index (Phi) is 9.33. The number of amides is 5. The molecule has 1 saturated heterocycles. The van der Waals surface area contributed by atoms with Crippen molar-refractivity contribution in [2.45, 2.75) is 31.3 Å². The zero-order valence-corrected chi connectivity index (χ0v) is 17.8. The normalized spacial score (nSPS) is 15.9. The first-order valence-electron chi connectivity index (χ1n) is 10.2. The third-order valence-electron chi connectivity index (χ3n) is 5.02. The highest BCUT2D eigenvalue weighted by atomic mass is 16.2. The standard InChI is InChI=1S/C21H27N5O6/c1-22-18(29)10-15(14-6-3-2-4-7-14)25-19(30)12-24-21(32)17(28)11-23-20(31)16-8-5-9-26(16)13-27/h2-4,6-7,13,15-16H,5,8-12H2,1H3,(H,22,29)(H,23,31)(H,24,32)(H,25,30). The van der Waals surface area contributed by atoms with Gasteiger partial charge in [0.05, 0.1) is 25.6 Å². The molecule has 172 valence electrons. The minimum absolute atomic E-state index is 0.00410. The Balaban J connectivity index is 1.80. The first-order chi connectivity index (χ1) is 15.3. The Labute approximate surface area is 185 Å². The molecule has 32 heavy (non-hydrogen) atoms. The van der Waals surface area contributed by atoms with Gasteiger partial charge in [-0.1, -0.05) is 30.3 Å². The molecule has 11 nitrogen and oxygen atoms in total. The molecule has 5 amide bonds. The minimum Gasteiger partial charge on any atom is -0.359 e. The molecule has 1 aliphatic heterocycles. The zero-order chi connectivity index (χ0) is 23.5. The lowest BCUT2D eigenvalue weighted by molar-refractivity contribution is -0.139. The Morgan fingerprint density at radius 1 is 1.06 bits per heavy atom. The van der Waals surface area contributed by atoms with Gasteiger partial charge in [0.2, 0.25) is 29.9 Å². The number of ketones is 1. The summed E-state index contributed by atoms with van der Waals surface area (Å²) in [6.45, 7) is -0.551. The van der Waals surface area contributed by atoms with E-state index in [1.807, 2.05) is 0 Å². The Bertz CT molecular complexity index is 859. The molecule has 1 aliphatic rings. The van der Waals surface area contributed by atoms with E-state index in [9.17, 15) is 28.8 Å². The fraction of sp³-hybridized carbons (Fsp3) is 0.429. The van der Waals surface area contributed by atoms with Crippen molar-refractivity contribution in [1.82, 2.24) is 26.2 Å². The van der Waals surface area contributed by atoms with Crippen LogP contribution in [0.2, 0.25) is 0 Å². The molecule has 2 atom stereocenters. The molecule has 1 heterocycles. The van der Waals surface area contributed by atoms with Crippen LogP contribution in [0, 0.1) is 0 Å². The van der Waals surface area contributed by atoms with Crippen molar-refractivity contribution in [3.63, 3.8) is 0 Å². The number of benzene rings is 1. The fourth-order valence-corrected chi connectivity index (χ4v) is 3.29. The molecule has 0 spiro atoms. The minimum atomic E-state index is -1.03. The molecule has 1 fully saturated rings. The lowest BCUT2D eigenvalue weighted by Crippen LogP contribution is -2.47. The Morgan fingerprint density at radius 3 is 2.44 bits per heavy atom. The van der Waals surface area contributed by atoms with Crippen molar-refractivity contribution in [2.75, 3.05) is 26.7 Å². The molecule has 2 unspecified atom stereocenters. The van der Waals surface area contributed by atoms with Crippen molar-refractivity contribution in [1.29, 1.82) is 0 Å². The van der Waals surface area contributed by atoms with E-state index >= 15 is 0 Å². The Morgan fingerprint density at radius 2 is 1.78 bits per heavy atom. The predicted molar refractivity (Wildman–Crippen MR) is 113 cm³/mol. The van der Waals surface area contributed by atoms with Crippen LogP contribution in [0.5, 0.6) is 0 Å². The maximum atomic E-state index is 12.3. The van der Waals surface area contributed by atoms with Crippen molar-refractivity contribution >= 4 is 35.8 Å². The summed E-state index contributed by atoms with van der Waals surface area (Å²) in [4.78, 5) is 72.3. The lowest BCUT2D eigenvalue weighted by atomic mass is 10.0. The van der Waals surface area contributed by atoms with Crippen molar-refractivity contribution in [3.05, 3.63) is 35.9 Å². The van der Waals surface area contributed by atoms with E-state index in [0.717, 1.165) is 0 Å². The zero-order valence-electron chi connectivity index (χ0n) is 17.8. The van der Waals surface area contributed by atoms with E-state index in [2.05, 4.69) is 21.3 Å². The van der Waals surface area contributed by atoms with E-state index in [0.29, 0.717) is 31.4 Å². The fourth-order valence-electron chi connectivity index (χ4n) is 3.29. The van der Waals surface area contributed by atoms with Gasteiger partial charge in [-0.3, -0.25) is 28.8 Å². The van der Waals surface area contributed by atoms with Crippen LogP contribution in [0.15, 0.2) is 30.3 Å². The summed E-state index contributed by atoms with van der Waals surface area (Å²) in [5.74, 6) is -3.31. The third-order valence-corrected chi connectivity index (χ3v) is 5.02. The van der Waals surface area contributed by atoms with Gasteiger partial charge in [-0.05, 0) is 18.4 Å². The van der Waals surface area contributed by atoms with Crippen LogP contribution < -0.4 is 21.3 Å². The van der Waals surface area contributed by atoms with Crippen LogP contribution in [0.1, 0.15) is 30.9 Å². The van der Waals surface area contributed by atoms with Crippen LogP contribution in [0.3, 0.4) is 0 Å². The number of carbonyl (C=O) groups is 6. The molecule has 1 aromatic carbocycles. The first-order valence-corrected chi connectivity index (χ1v) is 10.2. The summed E-state index contributed by atoms with van der Waals surface area (Å²) in [5.41, 5.74) is 0.714. The van der Waals surface area contributed by atoms with Crippen LogP contribution in [0.4, 0.5) is 0 Å². The molecule has 4 N–H and O–H groups in total. The molecule has 0 saturated carbocycles. The van der Waals surface area contributed by atoms with Crippen LogP contribution in [-0.4, -0.2) is 73.4 Å². The quantitative estimate of drug-likeness (QED) is 0.238. The molecule has 0 bridgehead atoms. The predicted octanol–water partition coefficient (Wildman–Crippen LogP) is -1.60. The summed E-state index contributed by atoms with van der Waals surface area (Å²) in [6, 6.07) is 7.60. The van der Waals surface area contributed by atoms with Crippen LogP contribution >= 0.6 is 0 Å². The number of rotatable bonds is 11. The molecular formula is C21H27N5O6. The third kappa shape index (κ3) is 7.18. The summed E-state index contributed by atoms with van der Waals surface area (Å²) >= 11 is 0. The van der Waals surface area contributed by atoms with Gasteiger partial charge in [-0.15, -0.1) is 0 Å². The van der Waals surface area contributed by atoms with Crippen molar-refractivity contribution in [3.8, 4) is 0 Å². The Hall–Kier alpha value is -3.76. The second-order valence-electron chi connectivity index (χ2n) is 7.23. The summed E-state index contributed by atoms with van der Waals surface area (Å²) in [7, 11) is 1.49. The number of nitrogens with one attached hydrogen (secondary N) is 4. The topological polar surface area (TPSA) is 154 Å². The second kappa shape index (κ2) is 12.2. The molecular weight excluding hydrogens is 418 g/mol. The summed E-state index contributed by atoms with van der Waals surface area (Å²) < 4.78 is 0. The van der Waals surface area contributed by atoms with Crippen molar-refractivity contribution < 1.29 is 28.8 Å². The largest absolute Gasteiger partial charge is 0.359 e. The SMILES string of the molecule is CNC(=O)CC(NC(=O)CNC(=O)C(=O)CNC(=O)C1CCCN1C=O)c1ccccc1. The van der Waals surface area contributed by atoms with Gasteiger partial charge < -0.3 is 26.2 Å². The van der Waals surface area contributed by atoms with Gasteiger partial charge in [-0.25, -0.2) is 0 Å². The van der Waals surface area contributed by atoms with Crippen LogP contribution in [-0.2, 0) is 28.8 Å². The molecule has 1 aromatic rings. The van der Waals surface area contributed by atoms with Crippen LogP contribution in [0.25, 0.3) is 0 Å². The number of nitrogens with zero attached hydrogens (tertiary/aromatic N) is 1. The maximum Gasteiger partial charge on any atom is 0.289 e. The molecule has 0 aliphatic carbocycles. The second-order valence-corrected chi connectivity index (χ2v) is 7.23. The lowest BCUT2D eigenvalue weighted by Gasteiger charge is -2.19. The van der Waals surface area contributed by atoms with E-state index < -0.39 is 48.7 Å². The maximum absolute atomic E-state index is 12.3. The smallest absolute Gasteiger partial charge is 0.289 e. The number of hydrogen-bond acceptors (Lipinski definition) is 6. The van der Waals surface area contributed by atoms with E-state index in [-0.39, 0.29) is 12.3 Å². The van der Waals surface area contributed by atoms with Gasteiger partial charge in [0.25, 0.3) is 5.91 Å².